The third kappa shape index (κ3) is 4.06. The van der Waals surface area contributed by atoms with Gasteiger partial charge in [0.1, 0.15) is 0 Å². The molecule has 1 saturated heterocycles. The highest BCUT2D eigenvalue weighted by Gasteiger charge is 2.32. The summed E-state index contributed by atoms with van der Waals surface area (Å²) in [6.07, 6.45) is 0.673. The van der Waals surface area contributed by atoms with Crippen molar-refractivity contribution in [1.29, 1.82) is 0 Å². The summed E-state index contributed by atoms with van der Waals surface area (Å²) in [5, 5.41) is 6.43. The number of hydrogen-bond donors (Lipinski definition) is 0. The van der Waals surface area contributed by atoms with Crippen LogP contribution >= 0.6 is 0 Å². The van der Waals surface area contributed by atoms with Crippen LogP contribution < -0.4 is 0 Å². The summed E-state index contributed by atoms with van der Waals surface area (Å²) in [5.41, 5.74) is 2.09. The molecule has 104 valence electrons. The van der Waals surface area contributed by atoms with Crippen molar-refractivity contribution in [3.8, 4) is 0 Å². The highest BCUT2D eigenvalue weighted by atomic mass is 32.2. The van der Waals surface area contributed by atoms with Crippen LogP contribution in [0.1, 0.15) is 25.8 Å². The Morgan fingerprint density at radius 3 is 2.53 bits per heavy atom. The average Bonchev–Trinajstić information content (AvgIpc) is 2.70. The molecular formula is C14H20N2O2S. The summed E-state index contributed by atoms with van der Waals surface area (Å²) in [5.74, 6) is 0.498. The Morgan fingerprint density at radius 1 is 1.32 bits per heavy atom. The number of hydrogen-bond acceptors (Lipinski definition) is 4. The SMILES string of the molecule is CC(C)=NN(Cc1ccccc1)[C@H]1CCS(=O)(=O)C1. The summed E-state index contributed by atoms with van der Waals surface area (Å²) in [6.45, 7) is 4.52. The normalized spacial score (nSPS) is 21.1. The predicted octanol–water partition coefficient (Wildman–Crippen LogP) is 2.07. The molecule has 1 fully saturated rings. The van der Waals surface area contributed by atoms with Gasteiger partial charge in [-0.2, -0.15) is 5.10 Å². The van der Waals surface area contributed by atoms with Crippen molar-refractivity contribution in [2.24, 2.45) is 5.10 Å². The number of benzene rings is 1. The molecule has 1 aliphatic heterocycles. The van der Waals surface area contributed by atoms with E-state index in [4.69, 9.17) is 0 Å². The van der Waals surface area contributed by atoms with Crippen molar-refractivity contribution in [3.05, 3.63) is 35.9 Å². The van der Waals surface area contributed by atoms with Gasteiger partial charge in [-0.1, -0.05) is 30.3 Å². The van der Waals surface area contributed by atoms with Crippen molar-refractivity contribution >= 4 is 15.5 Å². The highest BCUT2D eigenvalue weighted by molar-refractivity contribution is 7.91. The Bertz CT molecular complexity index is 548. The van der Waals surface area contributed by atoms with E-state index < -0.39 is 9.84 Å². The van der Waals surface area contributed by atoms with Crippen molar-refractivity contribution in [2.75, 3.05) is 11.5 Å². The molecule has 1 aromatic rings. The maximum Gasteiger partial charge on any atom is 0.152 e. The molecule has 1 heterocycles. The van der Waals surface area contributed by atoms with E-state index in [-0.39, 0.29) is 17.5 Å². The van der Waals surface area contributed by atoms with Gasteiger partial charge in [-0.15, -0.1) is 0 Å². The van der Waals surface area contributed by atoms with E-state index in [2.05, 4.69) is 5.10 Å². The fraction of sp³-hybridized carbons (Fsp3) is 0.500. The lowest BCUT2D eigenvalue weighted by molar-refractivity contribution is 0.213. The summed E-state index contributed by atoms with van der Waals surface area (Å²) >= 11 is 0. The lowest BCUT2D eigenvalue weighted by atomic mass is 10.2. The molecule has 0 bridgehead atoms. The predicted molar refractivity (Wildman–Crippen MR) is 77.8 cm³/mol. The second-order valence-corrected chi connectivity index (χ2v) is 7.42. The van der Waals surface area contributed by atoms with E-state index in [1.807, 2.05) is 49.2 Å². The zero-order valence-corrected chi connectivity index (χ0v) is 12.2. The van der Waals surface area contributed by atoms with Gasteiger partial charge in [0.15, 0.2) is 9.84 Å². The van der Waals surface area contributed by atoms with E-state index in [1.165, 1.54) is 0 Å². The maximum atomic E-state index is 11.6. The number of rotatable bonds is 4. The second-order valence-electron chi connectivity index (χ2n) is 5.19. The topological polar surface area (TPSA) is 49.7 Å². The Morgan fingerprint density at radius 2 is 2.00 bits per heavy atom. The zero-order chi connectivity index (χ0) is 13.9. The molecule has 0 spiro atoms. The van der Waals surface area contributed by atoms with Crippen LogP contribution in [0, 0.1) is 0 Å². The number of nitrogens with zero attached hydrogens (tertiary/aromatic N) is 2. The van der Waals surface area contributed by atoms with E-state index in [1.54, 1.807) is 0 Å². The fourth-order valence-corrected chi connectivity index (χ4v) is 4.01. The molecule has 2 rings (SSSR count). The van der Waals surface area contributed by atoms with Crippen molar-refractivity contribution in [2.45, 2.75) is 32.9 Å². The average molecular weight is 280 g/mol. The van der Waals surface area contributed by atoms with Gasteiger partial charge in [-0.25, -0.2) is 8.42 Å². The smallest absolute Gasteiger partial charge is 0.152 e. The first-order valence-corrected chi connectivity index (χ1v) is 8.31. The molecule has 0 saturated carbocycles. The first-order chi connectivity index (χ1) is 8.96. The molecule has 0 aromatic heterocycles. The van der Waals surface area contributed by atoms with Gasteiger partial charge >= 0.3 is 0 Å². The van der Waals surface area contributed by atoms with Gasteiger partial charge in [-0.05, 0) is 25.8 Å². The van der Waals surface area contributed by atoms with Gasteiger partial charge in [0.25, 0.3) is 0 Å². The highest BCUT2D eigenvalue weighted by Crippen LogP contribution is 2.20. The third-order valence-corrected chi connectivity index (χ3v) is 4.90. The second kappa shape index (κ2) is 5.74. The largest absolute Gasteiger partial charge is 0.289 e. The zero-order valence-electron chi connectivity index (χ0n) is 11.4. The number of sulfone groups is 1. The third-order valence-electron chi connectivity index (χ3n) is 3.15. The maximum absolute atomic E-state index is 11.6. The molecule has 0 amide bonds. The molecule has 0 aliphatic carbocycles. The summed E-state index contributed by atoms with van der Waals surface area (Å²) in [4.78, 5) is 0. The van der Waals surface area contributed by atoms with E-state index in [0.29, 0.717) is 13.0 Å². The molecule has 0 unspecified atom stereocenters. The monoisotopic (exact) mass is 280 g/mol. The Balaban J connectivity index is 2.15. The lowest BCUT2D eigenvalue weighted by Crippen LogP contribution is -2.32. The Kier molecular flexibility index (Phi) is 4.24. The Labute approximate surface area is 115 Å². The van der Waals surface area contributed by atoms with Crippen LogP contribution in [0.2, 0.25) is 0 Å². The van der Waals surface area contributed by atoms with Crippen molar-refractivity contribution in [3.63, 3.8) is 0 Å². The summed E-state index contributed by atoms with van der Waals surface area (Å²) in [7, 11) is -2.88. The molecular weight excluding hydrogens is 260 g/mol. The quantitative estimate of drug-likeness (QED) is 0.626. The molecule has 1 aromatic carbocycles. The van der Waals surface area contributed by atoms with Crippen LogP contribution in [0.5, 0.6) is 0 Å². The van der Waals surface area contributed by atoms with Crippen LogP contribution in [-0.2, 0) is 16.4 Å². The minimum Gasteiger partial charge on any atom is -0.289 e. The minimum absolute atomic E-state index is 0.0000983. The van der Waals surface area contributed by atoms with E-state index in [0.717, 1.165) is 11.3 Å². The van der Waals surface area contributed by atoms with E-state index in [9.17, 15) is 8.42 Å². The molecule has 0 N–H and O–H groups in total. The molecule has 5 heteroatoms. The van der Waals surface area contributed by atoms with Gasteiger partial charge in [0, 0.05) is 5.71 Å². The van der Waals surface area contributed by atoms with Gasteiger partial charge in [-0.3, -0.25) is 5.01 Å². The summed E-state index contributed by atoms with van der Waals surface area (Å²) < 4.78 is 23.2. The van der Waals surface area contributed by atoms with Gasteiger partial charge in [0.2, 0.25) is 0 Å². The first-order valence-electron chi connectivity index (χ1n) is 6.49. The standard InChI is InChI=1S/C14H20N2O2S/c1-12(2)15-16(10-13-6-4-3-5-7-13)14-8-9-19(17,18)11-14/h3-7,14H,8-11H2,1-2H3/t14-/m0/s1. The van der Waals surface area contributed by atoms with Crippen LogP contribution in [0.15, 0.2) is 35.4 Å². The molecule has 0 radical (unpaired) electrons. The molecule has 19 heavy (non-hydrogen) atoms. The van der Waals surface area contributed by atoms with Gasteiger partial charge < -0.3 is 0 Å². The minimum atomic E-state index is -2.88. The lowest BCUT2D eigenvalue weighted by Gasteiger charge is -2.25. The fourth-order valence-electron chi connectivity index (χ4n) is 2.28. The molecule has 1 aliphatic rings. The van der Waals surface area contributed by atoms with Crippen molar-refractivity contribution < 1.29 is 8.42 Å². The van der Waals surface area contributed by atoms with Crippen LogP contribution in [0.25, 0.3) is 0 Å². The van der Waals surface area contributed by atoms with E-state index >= 15 is 0 Å². The van der Waals surface area contributed by atoms with Gasteiger partial charge in [0.05, 0.1) is 24.1 Å². The molecule has 1 atom stereocenters. The van der Waals surface area contributed by atoms with Crippen LogP contribution in [0.3, 0.4) is 0 Å². The number of hydrazone groups is 1. The first kappa shape index (κ1) is 14.1. The van der Waals surface area contributed by atoms with Crippen LogP contribution in [-0.4, -0.2) is 36.7 Å². The molecule has 4 nitrogen and oxygen atoms in total. The Hall–Kier alpha value is -1.36. The summed E-state index contributed by atoms with van der Waals surface area (Å²) in [6, 6.07) is 10.0. The van der Waals surface area contributed by atoms with Crippen molar-refractivity contribution in [1.82, 2.24) is 5.01 Å². The van der Waals surface area contributed by atoms with Crippen LogP contribution in [0.4, 0.5) is 0 Å².